The number of amides is 2. The van der Waals surface area contributed by atoms with Gasteiger partial charge in [-0.25, -0.2) is 13.4 Å². The lowest BCUT2D eigenvalue weighted by molar-refractivity contribution is -0.144. The van der Waals surface area contributed by atoms with Gasteiger partial charge in [0.05, 0.1) is 12.6 Å². The number of hydrogen-bond donors (Lipinski definition) is 0. The SMILES string of the molecule is CC(C)CC(CC(=O)N1CCN(Cc2ccccc2)CC1)C(=O)N1CCC2C1C(=O)CN2S(=O)(=O)c1ccccn1. The van der Waals surface area contributed by atoms with Gasteiger partial charge < -0.3 is 9.80 Å². The van der Waals surface area contributed by atoms with Gasteiger partial charge in [0.15, 0.2) is 10.8 Å². The van der Waals surface area contributed by atoms with Gasteiger partial charge in [-0.3, -0.25) is 19.3 Å². The summed E-state index contributed by atoms with van der Waals surface area (Å²) in [5, 5.41) is -0.106. The number of carbonyl (C=O) groups excluding carboxylic acids is 3. The van der Waals surface area contributed by atoms with Gasteiger partial charge in [-0.15, -0.1) is 0 Å². The smallest absolute Gasteiger partial charge is 0.261 e. The Bertz CT molecular complexity index is 1350. The fourth-order valence-corrected chi connectivity index (χ4v) is 7.93. The first-order valence-electron chi connectivity index (χ1n) is 14.4. The van der Waals surface area contributed by atoms with Gasteiger partial charge in [-0.1, -0.05) is 50.2 Å². The summed E-state index contributed by atoms with van der Waals surface area (Å²) in [6.45, 7) is 7.65. The average Bonchev–Trinajstić information content (AvgIpc) is 3.55. The molecule has 0 N–H and O–H groups in total. The van der Waals surface area contributed by atoms with E-state index in [-0.39, 0.29) is 48.1 Å². The molecule has 3 atom stereocenters. The molecule has 0 radical (unpaired) electrons. The molecule has 2 amide bonds. The van der Waals surface area contributed by atoms with Crippen molar-refractivity contribution in [2.45, 2.75) is 56.8 Å². The first-order chi connectivity index (χ1) is 19.6. The minimum atomic E-state index is -3.97. The molecule has 2 aromatic rings. The average molecular weight is 582 g/mol. The second-order valence-electron chi connectivity index (χ2n) is 11.7. The number of rotatable bonds is 9. The number of likely N-dealkylation sites (tertiary alicyclic amines) is 1. The molecule has 11 heteroatoms. The van der Waals surface area contributed by atoms with E-state index in [1.807, 2.05) is 36.9 Å². The Morgan fingerprint density at radius 1 is 0.976 bits per heavy atom. The maximum Gasteiger partial charge on any atom is 0.261 e. The topological polar surface area (TPSA) is 111 Å². The number of nitrogens with zero attached hydrogens (tertiary/aromatic N) is 5. The number of benzene rings is 1. The number of aromatic nitrogens is 1. The van der Waals surface area contributed by atoms with E-state index in [4.69, 9.17) is 0 Å². The van der Waals surface area contributed by atoms with E-state index in [1.54, 1.807) is 17.0 Å². The van der Waals surface area contributed by atoms with Gasteiger partial charge in [0.1, 0.15) is 6.04 Å². The molecule has 0 saturated carbocycles. The van der Waals surface area contributed by atoms with Gasteiger partial charge >= 0.3 is 0 Å². The molecule has 5 rings (SSSR count). The predicted octanol–water partition coefficient (Wildman–Crippen LogP) is 2.02. The molecule has 3 aliphatic heterocycles. The van der Waals surface area contributed by atoms with E-state index < -0.39 is 28.0 Å². The van der Waals surface area contributed by atoms with Crippen molar-refractivity contribution in [2.24, 2.45) is 11.8 Å². The zero-order valence-electron chi connectivity index (χ0n) is 23.8. The molecule has 3 fully saturated rings. The lowest BCUT2D eigenvalue weighted by Crippen LogP contribution is -2.50. The van der Waals surface area contributed by atoms with Gasteiger partial charge in [-0.2, -0.15) is 4.31 Å². The van der Waals surface area contributed by atoms with Gasteiger partial charge in [0.25, 0.3) is 10.0 Å². The molecule has 41 heavy (non-hydrogen) atoms. The van der Waals surface area contributed by atoms with Crippen LogP contribution in [-0.4, -0.2) is 101 Å². The van der Waals surface area contributed by atoms with Crippen LogP contribution in [0.4, 0.5) is 0 Å². The Balaban J connectivity index is 1.23. The third-order valence-electron chi connectivity index (χ3n) is 8.37. The summed E-state index contributed by atoms with van der Waals surface area (Å²) >= 11 is 0. The van der Waals surface area contributed by atoms with Crippen molar-refractivity contribution < 1.29 is 22.8 Å². The van der Waals surface area contributed by atoms with Crippen molar-refractivity contribution in [1.29, 1.82) is 0 Å². The summed E-state index contributed by atoms with van der Waals surface area (Å²) in [6, 6.07) is 13.5. The van der Waals surface area contributed by atoms with Crippen LogP contribution < -0.4 is 0 Å². The second-order valence-corrected chi connectivity index (χ2v) is 13.5. The number of carbonyl (C=O) groups is 3. The van der Waals surface area contributed by atoms with Crippen molar-refractivity contribution in [1.82, 2.24) is 24.0 Å². The predicted molar refractivity (Wildman–Crippen MR) is 153 cm³/mol. The zero-order valence-corrected chi connectivity index (χ0v) is 24.6. The summed E-state index contributed by atoms with van der Waals surface area (Å²) < 4.78 is 27.8. The molecule has 0 bridgehead atoms. The number of hydrogen-bond acceptors (Lipinski definition) is 7. The summed E-state index contributed by atoms with van der Waals surface area (Å²) in [5.74, 6) is -0.940. The standard InChI is InChI=1S/C30H39N5O5S/c1-22(2)18-24(19-28(37)33-16-14-32(15-17-33)20-23-8-4-3-5-9-23)30(38)34-13-11-25-29(34)26(36)21-35(25)41(39,40)27-10-6-7-12-31-27/h3-10,12,22,24-25,29H,11,13-21H2,1-2H3. The largest absolute Gasteiger partial charge is 0.340 e. The number of piperazine rings is 1. The summed E-state index contributed by atoms with van der Waals surface area (Å²) in [4.78, 5) is 50.1. The molecule has 1 aromatic carbocycles. The minimum absolute atomic E-state index is 0.0452. The van der Waals surface area contributed by atoms with Gasteiger partial charge in [0.2, 0.25) is 11.8 Å². The maximum absolute atomic E-state index is 13.9. The molecule has 1 aromatic heterocycles. The molecule has 0 spiro atoms. The molecule has 3 unspecified atom stereocenters. The van der Waals surface area contributed by atoms with Crippen LogP contribution in [0.5, 0.6) is 0 Å². The highest BCUT2D eigenvalue weighted by Crippen LogP contribution is 2.35. The van der Waals surface area contributed by atoms with E-state index in [1.165, 1.54) is 22.1 Å². The highest BCUT2D eigenvalue weighted by molar-refractivity contribution is 7.89. The number of Topliss-reactive ketones (excluding diaryl/α,β-unsaturated/α-hetero) is 1. The van der Waals surface area contributed by atoms with Crippen LogP contribution in [0.3, 0.4) is 0 Å². The third-order valence-corrected chi connectivity index (χ3v) is 10.2. The number of sulfonamides is 1. The molecule has 0 aliphatic carbocycles. The molecule has 4 heterocycles. The van der Waals surface area contributed by atoms with Crippen molar-refractivity contribution in [3.05, 3.63) is 60.3 Å². The molecular weight excluding hydrogens is 542 g/mol. The van der Waals surface area contributed by atoms with Crippen LogP contribution in [0.2, 0.25) is 0 Å². The van der Waals surface area contributed by atoms with Crippen LogP contribution in [0.15, 0.2) is 59.8 Å². The number of fused-ring (bicyclic) bond motifs is 1. The molecule has 10 nitrogen and oxygen atoms in total. The normalized spacial score (nSPS) is 22.8. The zero-order chi connectivity index (χ0) is 29.1. The highest BCUT2D eigenvalue weighted by Gasteiger charge is 2.54. The summed E-state index contributed by atoms with van der Waals surface area (Å²) in [5.41, 5.74) is 1.24. The van der Waals surface area contributed by atoms with E-state index in [0.717, 1.165) is 19.6 Å². The Morgan fingerprint density at radius 3 is 2.34 bits per heavy atom. The fourth-order valence-electron chi connectivity index (χ4n) is 6.37. The van der Waals surface area contributed by atoms with Crippen LogP contribution in [0.1, 0.15) is 38.7 Å². The highest BCUT2D eigenvalue weighted by atomic mass is 32.2. The Hall–Kier alpha value is -3.15. The lowest BCUT2D eigenvalue weighted by atomic mass is 9.91. The molecule has 3 saturated heterocycles. The third kappa shape index (κ3) is 6.37. The quantitative estimate of drug-likeness (QED) is 0.446. The molecular formula is C30H39N5O5S. The monoisotopic (exact) mass is 581 g/mol. The molecule has 220 valence electrons. The molecule has 3 aliphatic rings. The minimum Gasteiger partial charge on any atom is -0.340 e. The van der Waals surface area contributed by atoms with E-state index >= 15 is 0 Å². The number of ketones is 1. The van der Waals surface area contributed by atoms with Crippen LogP contribution in [0.25, 0.3) is 0 Å². The van der Waals surface area contributed by atoms with Crippen LogP contribution in [-0.2, 0) is 31.0 Å². The second kappa shape index (κ2) is 12.4. The summed E-state index contributed by atoms with van der Waals surface area (Å²) in [7, 11) is -3.97. The first-order valence-corrected chi connectivity index (χ1v) is 15.9. The van der Waals surface area contributed by atoms with Crippen molar-refractivity contribution in [3.8, 4) is 0 Å². The first kappa shape index (κ1) is 29.3. The maximum atomic E-state index is 13.9. The Labute approximate surface area is 242 Å². The van der Waals surface area contributed by atoms with Crippen LogP contribution in [0, 0.1) is 11.8 Å². The van der Waals surface area contributed by atoms with Crippen molar-refractivity contribution in [3.63, 3.8) is 0 Å². The van der Waals surface area contributed by atoms with E-state index in [0.29, 0.717) is 25.9 Å². The van der Waals surface area contributed by atoms with Crippen molar-refractivity contribution >= 4 is 27.6 Å². The van der Waals surface area contributed by atoms with Crippen molar-refractivity contribution in [2.75, 3.05) is 39.3 Å². The Morgan fingerprint density at radius 2 is 1.68 bits per heavy atom. The van der Waals surface area contributed by atoms with Gasteiger partial charge in [0, 0.05) is 57.8 Å². The number of pyridine rings is 1. The summed E-state index contributed by atoms with van der Waals surface area (Å²) in [6.07, 6.45) is 2.40. The Kier molecular flexibility index (Phi) is 8.86. The van der Waals surface area contributed by atoms with E-state index in [9.17, 15) is 22.8 Å². The fraction of sp³-hybridized carbons (Fsp3) is 0.533. The van der Waals surface area contributed by atoms with E-state index in [2.05, 4.69) is 22.0 Å². The van der Waals surface area contributed by atoms with Crippen LogP contribution >= 0.6 is 0 Å². The lowest BCUT2D eigenvalue weighted by Gasteiger charge is -2.36. The van der Waals surface area contributed by atoms with Gasteiger partial charge in [-0.05, 0) is 36.5 Å².